The van der Waals surface area contributed by atoms with Gasteiger partial charge in [0.15, 0.2) is 11.5 Å². The summed E-state index contributed by atoms with van der Waals surface area (Å²) >= 11 is 0. The van der Waals surface area contributed by atoms with Crippen LogP contribution in [0.5, 0.6) is 11.5 Å². The quantitative estimate of drug-likeness (QED) is 0.906. The zero-order valence-corrected chi connectivity index (χ0v) is 13.6. The average molecular weight is 293 g/mol. The predicted molar refractivity (Wildman–Crippen MR) is 84.0 cm³/mol. The van der Waals surface area contributed by atoms with E-state index in [-0.39, 0.29) is 5.54 Å². The van der Waals surface area contributed by atoms with Crippen molar-refractivity contribution in [3.63, 3.8) is 0 Å². The van der Waals surface area contributed by atoms with E-state index in [1.54, 1.807) is 14.2 Å². The molecule has 1 N–H and O–H groups in total. The summed E-state index contributed by atoms with van der Waals surface area (Å²) in [6.45, 7) is 6.33. The van der Waals surface area contributed by atoms with Gasteiger partial charge in [-0.15, -0.1) is 0 Å². The van der Waals surface area contributed by atoms with Crippen LogP contribution in [0, 0.1) is 0 Å². The first-order chi connectivity index (χ1) is 10.0. The Morgan fingerprint density at radius 3 is 2.24 bits per heavy atom. The lowest BCUT2D eigenvalue weighted by atomic mass is 9.87. The molecule has 1 heterocycles. The summed E-state index contributed by atoms with van der Waals surface area (Å²) in [6, 6.07) is 5.64. The molecule has 1 aliphatic heterocycles. The Kier molecular flexibility index (Phi) is 5.12. The number of benzene rings is 1. The highest BCUT2D eigenvalue weighted by molar-refractivity contribution is 5.44. The molecule has 1 unspecified atom stereocenters. The third-order valence-electron chi connectivity index (χ3n) is 4.56. The number of rotatable bonds is 5. The van der Waals surface area contributed by atoms with Gasteiger partial charge in [-0.05, 0) is 57.5 Å². The van der Waals surface area contributed by atoms with Gasteiger partial charge < -0.3 is 14.6 Å². The summed E-state index contributed by atoms with van der Waals surface area (Å²) in [5.41, 5.74) is 0.572. The van der Waals surface area contributed by atoms with Gasteiger partial charge in [-0.3, -0.25) is 4.90 Å². The summed E-state index contributed by atoms with van der Waals surface area (Å²) in [5.74, 6) is 1.34. The van der Waals surface area contributed by atoms with Crippen molar-refractivity contribution in [1.82, 2.24) is 4.90 Å². The van der Waals surface area contributed by atoms with Gasteiger partial charge in [0.1, 0.15) is 0 Å². The number of hydrogen-bond donors (Lipinski definition) is 1. The molecular formula is C17H27NO3. The summed E-state index contributed by atoms with van der Waals surface area (Å²) in [7, 11) is 3.23. The van der Waals surface area contributed by atoms with Crippen molar-refractivity contribution in [2.45, 2.75) is 44.8 Å². The zero-order chi connectivity index (χ0) is 15.5. The molecule has 4 heteroatoms. The average Bonchev–Trinajstić information content (AvgIpc) is 2.54. The summed E-state index contributed by atoms with van der Waals surface area (Å²) in [4.78, 5) is 2.39. The number of hydrogen-bond acceptors (Lipinski definition) is 4. The van der Waals surface area contributed by atoms with E-state index in [4.69, 9.17) is 9.47 Å². The molecule has 0 aromatic heterocycles. The van der Waals surface area contributed by atoms with Gasteiger partial charge in [-0.1, -0.05) is 12.5 Å². The minimum absolute atomic E-state index is 0.292. The second-order valence-corrected chi connectivity index (χ2v) is 6.22. The predicted octanol–water partition coefficient (Wildman–Crippen LogP) is 3.00. The van der Waals surface area contributed by atoms with Crippen LogP contribution in [0.25, 0.3) is 0 Å². The monoisotopic (exact) mass is 293 g/mol. The molecule has 118 valence electrons. The molecule has 0 aliphatic carbocycles. The smallest absolute Gasteiger partial charge is 0.161 e. The van der Waals surface area contributed by atoms with Crippen LogP contribution in [0.4, 0.5) is 0 Å². The van der Waals surface area contributed by atoms with Crippen molar-refractivity contribution in [3.05, 3.63) is 23.8 Å². The normalized spacial score (nSPS) is 18.3. The van der Waals surface area contributed by atoms with Gasteiger partial charge in [-0.2, -0.15) is 0 Å². The van der Waals surface area contributed by atoms with Crippen LogP contribution in [0.2, 0.25) is 0 Å². The molecule has 0 spiro atoms. The third-order valence-corrected chi connectivity index (χ3v) is 4.56. The van der Waals surface area contributed by atoms with E-state index in [1.807, 2.05) is 18.2 Å². The number of methoxy groups -OCH3 is 2. The van der Waals surface area contributed by atoms with E-state index in [2.05, 4.69) is 18.7 Å². The maximum absolute atomic E-state index is 10.8. The van der Waals surface area contributed by atoms with Crippen molar-refractivity contribution in [1.29, 1.82) is 0 Å². The Balaban J connectivity index is 2.23. The molecule has 2 rings (SSSR count). The number of aliphatic hydroxyl groups is 1. The highest BCUT2D eigenvalue weighted by atomic mass is 16.5. The van der Waals surface area contributed by atoms with Crippen molar-refractivity contribution >= 4 is 0 Å². The Hall–Kier alpha value is -1.26. The number of aliphatic hydroxyl groups excluding tert-OH is 1. The van der Waals surface area contributed by atoms with Crippen LogP contribution in [0.1, 0.15) is 44.8 Å². The molecule has 0 saturated carbocycles. The van der Waals surface area contributed by atoms with E-state index in [9.17, 15) is 5.11 Å². The van der Waals surface area contributed by atoms with Crippen LogP contribution in [-0.2, 0) is 0 Å². The fourth-order valence-corrected chi connectivity index (χ4v) is 3.07. The fourth-order valence-electron chi connectivity index (χ4n) is 3.07. The molecule has 1 aromatic rings. The first kappa shape index (κ1) is 16.1. The lowest BCUT2D eigenvalue weighted by Gasteiger charge is -2.44. The van der Waals surface area contributed by atoms with Gasteiger partial charge in [0.05, 0.1) is 20.3 Å². The molecule has 0 amide bonds. The van der Waals surface area contributed by atoms with Crippen molar-refractivity contribution < 1.29 is 14.6 Å². The van der Waals surface area contributed by atoms with E-state index >= 15 is 0 Å². The fraction of sp³-hybridized carbons (Fsp3) is 0.647. The maximum Gasteiger partial charge on any atom is 0.161 e. The molecule has 1 atom stereocenters. The lowest BCUT2D eigenvalue weighted by molar-refractivity contribution is -0.0209. The van der Waals surface area contributed by atoms with Crippen LogP contribution >= 0.6 is 0 Å². The second-order valence-electron chi connectivity index (χ2n) is 6.22. The van der Waals surface area contributed by atoms with Crippen LogP contribution in [-0.4, -0.2) is 42.9 Å². The van der Waals surface area contributed by atoms with Crippen LogP contribution < -0.4 is 9.47 Å². The number of piperidine rings is 1. The van der Waals surface area contributed by atoms with Crippen LogP contribution in [0.3, 0.4) is 0 Å². The number of likely N-dealkylation sites (tertiary alicyclic amines) is 1. The first-order valence-electron chi connectivity index (χ1n) is 7.65. The number of nitrogens with zero attached hydrogens (tertiary/aromatic N) is 1. The standard InChI is InChI=1S/C17H27NO3/c1-17(2,18-10-6-5-7-11-18)16(19)13-8-9-14(20-3)15(12-13)21-4/h8-9,12,16,19H,5-7,10-11H2,1-4H3. The SMILES string of the molecule is COc1ccc(C(O)C(C)(C)N2CCCCC2)cc1OC. The summed E-state index contributed by atoms with van der Waals surface area (Å²) in [5, 5.41) is 10.8. The topological polar surface area (TPSA) is 41.9 Å². The van der Waals surface area contributed by atoms with Crippen molar-refractivity contribution in [2.75, 3.05) is 27.3 Å². The highest BCUT2D eigenvalue weighted by Crippen LogP contribution is 2.36. The van der Waals surface area contributed by atoms with E-state index < -0.39 is 6.10 Å². The molecule has 1 saturated heterocycles. The Morgan fingerprint density at radius 1 is 1.05 bits per heavy atom. The highest BCUT2D eigenvalue weighted by Gasteiger charge is 2.36. The van der Waals surface area contributed by atoms with E-state index in [0.717, 1.165) is 18.7 Å². The van der Waals surface area contributed by atoms with Gasteiger partial charge in [0.2, 0.25) is 0 Å². The molecule has 4 nitrogen and oxygen atoms in total. The Labute approximate surface area is 127 Å². The molecule has 1 aromatic carbocycles. The van der Waals surface area contributed by atoms with Crippen LogP contribution in [0.15, 0.2) is 18.2 Å². The van der Waals surface area contributed by atoms with Gasteiger partial charge >= 0.3 is 0 Å². The van der Waals surface area contributed by atoms with Crippen molar-refractivity contribution in [3.8, 4) is 11.5 Å². The van der Waals surface area contributed by atoms with E-state index in [0.29, 0.717) is 11.5 Å². The van der Waals surface area contributed by atoms with Gasteiger partial charge in [0.25, 0.3) is 0 Å². The minimum Gasteiger partial charge on any atom is -0.493 e. The largest absolute Gasteiger partial charge is 0.493 e. The lowest BCUT2D eigenvalue weighted by Crippen LogP contribution is -2.50. The first-order valence-corrected chi connectivity index (χ1v) is 7.65. The Bertz CT molecular complexity index is 467. The third kappa shape index (κ3) is 3.33. The van der Waals surface area contributed by atoms with Gasteiger partial charge in [0, 0.05) is 5.54 Å². The molecule has 0 radical (unpaired) electrons. The molecule has 0 bridgehead atoms. The minimum atomic E-state index is -0.560. The second kappa shape index (κ2) is 6.67. The molecular weight excluding hydrogens is 266 g/mol. The summed E-state index contributed by atoms with van der Waals surface area (Å²) < 4.78 is 10.6. The maximum atomic E-state index is 10.8. The number of ether oxygens (including phenoxy) is 2. The molecule has 1 aliphatic rings. The molecule has 21 heavy (non-hydrogen) atoms. The Morgan fingerprint density at radius 2 is 1.67 bits per heavy atom. The van der Waals surface area contributed by atoms with E-state index in [1.165, 1.54) is 19.3 Å². The summed E-state index contributed by atoms with van der Waals surface area (Å²) in [6.07, 6.45) is 3.15. The molecule has 1 fully saturated rings. The van der Waals surface area contributed by atoms with Crippen molar-refractivity contribution in [2.24, 2.45) is 0 Å². The van der Waals surface area contributed by atoms with Gasteiger partial charge in [-0.25, -0.2) is 0 Å². The zero-order valence-electron chi connectivity index (χ0n) is 13.6.